The van der Waals surface area contributed by atoms with Crippen LogP contribution in [0, 0.1) is 11.7 Å². The second kappa shape index (κ2) is 14.7. The largest absolute Gasteiger partial charge is 0.304 e. The number of allylic oxidation sites excluding steroid dienone is 2. The number of hydrogen-bond donors (Lipinski definition) is 0. The fourth-order valence-corrected chi connectivity index (χ4v) is 5.88. The Hall–Kier alpha value is -2.40. The molecule has 1 unspecified atom stereocenters. The number of hydrogen-bond acceptors (Lipinski definition) is 3. The highest BCUT2D eigenvalue weighted by Crippen LogP contribution is 2.34. The van der Waals surface area contributed by atoms with E-state index in [9.17, 15) is 0 Å². The third kappa shape index (κ3) is 8.05. The van der Waals surface area contributed by atoms with E-state index in [0.29, 0.717) is 5.56 Å². The molecule has 4 heteroatoms. The van der Waals surface area contributed by atoms with Crippen LogP contribution in [-0.2, 0) is 10.6 Å². The highest BCUT2D eigenvalue weighted by atomic mass is 32.2. The molecule has 0 saturated carbocycles. The van der Waals surface area contributed by atoms with Gasteiger partial charge in [0.25, 0.3) is 0 Å². The monoisotopic (exact) mass is 531 g/mol. The summed E-state index contributed by atoms with van der Waals surface area (Å²) in [6.07, 6.45) is 13.6. The first-order valence-electron chi connectivity index (χ1n) is 14.2. The van der Waals surface area contributed by atoms with E-state index in [-0.39, 0.29) is 5.82 Å². The van der Waals surface area contributed by atoms with Gasteiger partial charge in [-0.2, -0.15) is 0 Å². The van der Waals surface area contributed by atoms with Gasteiger partial charge in [-0.3, -0.25) is 0 Å². The average Bonchev–Trinajstić information content (AvgIpc) is 2.94. The third-order valence-electron chi connectivity index (χ3n) is 7.70. The van der Waals surface area contributed by atoms with Crippen molar-refractivity contribution in [2.75, 3.05) is 20.7 Å². The first-order chi connectivity index (χ1) is 18.6. The first-order valence-corrected chi connectivity index (χ1v) is 14.9. The molecule has 38 heavy (non-hydrogen) atoms. The Labute approximate surface area is 233 Å². The van der Waals surface area contributed by atoms with Crippen LogP contribution in [-0.4, -0.2) is 25.0 Å². The molecule has 0 N–H and O–H groups in total. The van der Waals surface area contributed by atoms with Gasteiger partial charge < -0.3 is 4.18 Å². The van der Waals surface area contributed by atoms with E-state index in [1.54, 1.807) is 13.2 Å². The SMILES string of the molecule is CCCCCC1CC=C(c2ccc(-c3ccc(-c4ccc(CCCN(C)SOC)cc4)c(F)c3)cc2)CC1. The summed E-state index contributed by atoms with van der Waals surface area (Å²) in [4.78, 5) is 0. The van der Waals surface area contributed by atoms with Crippen molar-refractivity contribution in [2.24, 2.45) is 5.92 Å². The zero-order valence-electron chi connectivity index (χ0n) is 23.2. The molecule has 0 radical (unpaired) electrons. The number of aryl methyl sites for hydroxylation is 1. The molecule has 2 nitrogen and oxygen atoms in total. The number of halogens is 1. The average molecular weight is 532 g/mol. The van der Waals surface area contributed by atoms with E-state index < -0.39 is 0 Å². The van der Waals surface area contributed by atoms with E-state index in [2.05, 4.69) is 53.7 Å². The summed E-state index contributed by atoms with van der Waals surface area (Å²) in [7, 11) is 3.71. The molecule has 0 heterocycles. The molecule has 0 saturated heterocycles. The zero-order valence-corrected chi connectivity index (χ0v) is 24.0. The maximum atomic E-state index is 15.2. The van der Waals surface area contributed by atoms with Gasteiger partial charge in [-0.15, -0.1) is 0 Å². The minimum absolute atomic E-state index is 0.179. The minimum atomic E-state index is -0.179. The molecule has 1 atom stereocenters. The van der Waals surface area contributed by atoms with Crippen LogP contribution in [0.4, 0.5) is 4.39 Å². The fraction of sp³-hybridized carbons (Fsp3) is 0.412. The van der Waals surface area contributed by atoms with E-state index >= 15 is 4.39 Å². The molecule has 1 aliphatic carbocycles. The van der Waals surface area contributed by atoms with Gasteiger partial charge in [0.05, 0.1) is 19.3 Å². The molecule has 0 amide bonds. The summed E-state index contributed by atoms with van der Waals surface area (Å²) >= 11 is 1.37. The molecular weight excluding hydrogens is 489 g/mol. The first kappa shape index (κ1) is 28.6. The summed E-state index contributed by atoms with van der Waals surface area (Å²) < 4.78 is 22.3. The molecule has 0 spiro atoms. The maximum Gasteiger partial charge on any atom is 0.131 e. The Morgan fingerprint density at radius 3 is 2.26 bits per heavy atom. The van der Waals surface area contributed by atoms with Crippen LogP contribution in [0.25, 0.3) is 27.8 Å². The molecule has 3 aromatic rings. The highest BCUT2D eigenvalue weighted by Gasteiger charge is 2.15. The van der Waals surface area contributed by atoms with Crippen LogP contribution >= 0.6 is 12.2 Å². The van der Waals surface area contributed by atoms with Gasteiger partial charge >= 0.3 is 0 Å². The van der Waals surface area contributed by atoms with Crippen molar-refractivity contribution in [3.8, 4) is 22.3 Å². The Bertz CT molecular complexity index is 1170. The van der Waals surface area contributed by atoms with Crippen LogP contribution in [0.15, 0.2) is 72.8 Å². The van der Waals surface area contributed by atoms with Crippen molar-refractivity contribution in [3.63, 3.8) is 0 Å². The van der Waals surface area contributed by atoms with Crippen LogP contribution in [0.5, 0.6) is 0 Å². The molecule has 0 fully saturated rings. The molecular formula is C34H42FNOS. The Kier molecular flexibility index (Phi) is 11.0. The van der Waals surface area contributed by atoms with Gasteiger partial charge in [0.1, 0.15) is 5.82 Å². The predicted molar refractivity (Wildman–Crippen MR) is 162 cm³/mol. The van der Waals surface area contributed by atoms with Crippen molar-refractivity contribution in [1.82, 2.24) is 4.31 Å². The van der Waals surface area contributed by atoms with Crippen molar-refractivity contribution in [2.45, 2.75) is 64.7 Å². The van der Waals surface area contributed by atoms with Crippen molar-refractivity contribution in [3.05, 3.63) is 89.8 Å². The van der Waals surface area contributed by atoms with Gasteiger partial charge in [0.15, 0.2) is 0 Å². The topological polar surface area (TPSA) is 12.5 Å². The minimum Gasteiger partial charge on any atom is -0.304 e. The van der Waals surface area contributed by atoms with Gasteiger partial charge in [-0.25, -0.2) is 8.70 Å². The fourth-order valence-electron chi connectivity index (χ4n) is 5.42. The van der Waals surface area contributed by atoms with Crippen molar-refractivity contribution < 1.29 is 8.57 Å². The Balaban J connectivity index is 1.35. The van der Waals surface area contributed by atoms with Gasteiger partial charge in [-0.05, 0) is 84.5 Å². The second-order valence-electron chi connectivity index (χ2n) is 10.5. The molecule has 4 rings (SSSR count). The van der Waals surface area contributed by atoms with Gasteiger partial charge in [-0.1, -0.05) is 99.3 Å². The summed E-state index contributed by atoms with van der Waals surface area (Å²) in [6.45, 7) is 3.23. The highest BCUT2D eigenvalue weighted by molar-refractivity contribution is 7.92. The quantitative estimate of drug-likeness (QED) is 0.124. The summed E-state index contributed by atoms with van der Waals surface area (Å²) in [6, 6.07) is 22.6. The van der Waals surface area contributed by atoms with Crippen molar-refractivity contribution in [1.29, 1.82) is 0 Å². The van der Waals surface area contributed by atoms with Crippen LogP contribution in [0.3, 0.4) is 0 Å². The molecule has 0 aromatic heterocycles. The number of rotatable bonds is 13. The molecule has 1 aliphatic rings. The summed E-state index contributed by atoms with van der Waals surface area (Å²) in [5, 5.41) is 0. The van der Waals surface area contributed by atoms with E-state index in [4.69, 9.17) is 4.18 Å². The standard InChI is InChI=1S/C34H42FNOS/c1-4-5-6-8-26-10-14-28(15-11-26)29-18-20-30(21-19-29)32-22-23-33(34(35)25-32)31-16-12-27(13-17-31)9-7-24-36(2)38-37-3/h12-14,16-23,25-26H,4-11,15,24H2,1-3H3. The Morgan fingerprint density at radius 1 is 0.895 bits per heavy atom. The lowest BCUT2D eigenvalue weighted by Gasteiger charge is -2.22. The molecule has 202 valence electrons. The molecule has 0 bridgehead atoms. The second-order valence-corrected chi connectivity index (χ2v) is 11.6. The van der Waals surface area contributed by atoms with Crippen LogP contribution in [0.2, 0.25) is 0 Å². The smallest absolute Gasteiger partial charge is 0.131 e. The predicted octanol–water partition coefficient (Wildman–Crippen LogP) is 10.00. The number of unbranched alkanes of at least 4 members (excludes halogenated alkanes) is 2. The van der Waals surface area contributed by atoms with Crippen molar-refractivity contribution >= 4 is 17.8 Å². The van der Waals surface area contributed by atoms with Gasteiger partial charge in [0, 0.05) is 12.1 Å². The number of benzene rings is 3. The van der Waals surface area contributed by atoms with E-state index in [0.717, 1.165) is 42.0 Å². The normalized spacial score (nSPS) is 15.6. The van der Waals surface area contributed by atoms with Crippen LogP contribution in [0.1, 0.15) is 69.4 Å². The molecule has 3 aromatic carbocycles. The lowest BCUT2D eigenvalue weighted by molar-refractivity contribution is 0.428. The van der Waals surface area contributed by atoms with E-state index in [1.807, 2.05) is 31.3 Å². The third-order valence-corrected chi connectivity index (χ3v) is 8.28. The molecule has 0 aliphatic heterocycles. The summed E-state index contributed by atoms with van der Waals surface area (Å²) in [5.41, 5.74) is 7.57. The summed E-state index contributed by atoms with van der Waals surface area (Å²) in [5.74, 6) is 0.677. The Morgan fingerprint density at radius 2 is 1.61 bits per heavy atom. The van der Waals surface area contributed by atoms with Gasteiger partial charge in [0.2, 0.25) is 0 Å². The zero-order chi connectivity index (χ0) is 26.7. The number of nitrogens with zero attached hydrogens (tertiary/aromatic N) is 1. The lowest BCUT2D eigenvalue weighted by Crippen LogP contribution is -2.11. The maximum absolute atomic E-state index is 15.2. The lowest BCUT2D eigenvalue weighted by atomic mass is 9.83. The van der Waals surface area contributed by atoms with E-state index in [1.165, 1.54) is 73.9 Å². The van der Waals surface area contributed by atoms with Crippen LogP contribution < -0.4 is 0 Å².